The van der Waals surface area contributed by atoms with Crippen molar-refractivity contribution in [2.45, 2.75) is 95.8 Å². The monoisotopic (exact) mass is 1340 g/mol. The fourth-order valence-corrected chi connectivity index (χ4v) is 14.1. The molecule has 2 unspecified atom stereocenters. The number of amidine groups is 2. The van der Waals surface area contributed by atoms with E-state index in [9.17, 15) is 0 Å². The predicted molar refractivity (Wildman–Crippen MR) is 388 cm³/mol. The van der Waals surface area contributed by atoms with Crippen LogP contribution in [0.5, 0.6) is 0 Å². The van der Waals surface area contributed by atoms with Crippen molar-refractivity contribution in [3.8, 4) is 45.5 Å². The number of methoxy groups -OCH3 is 2. The number of rotatable bonds is 14. The van der Waals surface area contributed by atoms with E-state index in [0.29, 0.717) is 0 Å². The minimum Gasteiger partial charge on any atom is -1.00 e. The summed E-state index contributed by atoms with van der Waals surface area (Å²) in [6.07, 6.45) is 3.08. The molecule has 0 N–H and O–H groups in total. The van der Waals surface area contributed by atoms with Crippen LogP contribution in [-0.4, -0.2) is 58.2 Å². The maximum absolute atomic E-state index is 6.26. The standard InChI is InChI=1S/C42H44N6O2.C40H38N6.2ClH/c1-27-22-29(3)37(30(4)23-27)39-43-47(41(49-7)45(39)33-16-11-9-12-17-33)35-20-15-21-36(26-35)48-42(50-8)46(34-18-13-10-14-19-34)40(44-48)38-31(5)24-28(2)25-32(38)6;1-27-20-29(3)37(30(4)21-27)39-41-45(25-43(39)33-14-9-7-10-15-33)35-18-13-19-36(24-35)46-26-44(34-16-11-8-12-17-34)40(42-46)38-31(5)22-28(2)23-32(38)6;;/h9-26,41-42H,1-8H3;7-26H,1-6H3;2*1H/q;+2;;/p-2. The Bertz CT molecular complexity index is 4540. The van der Waals surface area contributed by atoms with Crippen molar-refractivity contribution in [1.82, 2.24) is 19.6 Å². The molecule has 2 aliphatic rings. The minimum atomic E-state index is -0.530. The average Bonchev–Trinajstić information content (AvgIpc) is 1.61. The minimum absolute atomic E-state index is 0. The summed E-state index contributed by atoms with van der Waals surface area (Å²) < 4.78 is 20.8. The van der Waals surface area contributed by atoms with Gasteiger partial charge >= 0.3 is 11.6 Å². The first-order valence-corrected chi connectivity index (χ1v) is 32.6. The molecule has 2 aromatic heterocycles. The Kier molecular flexibility index (Phi) is 20.4. The Labute approximate surface area is 588 Å². The van der Waals surface area contributed by atoms with Crippen molar-refractivity contribution in [3.63, 3.8) is 0 Å². The van der Waals surface area contributed by atoms with Gasteiger partial charge in [0.2, 0.25) is 25.4 Å². The summed E-state index contributed by atoms with van der Waals surface area (Å²) in [6, 6.07) is 75.8. The maximum atomic E-state index is 6.26. The van der Waals surface area contributed by atoms with E-state index >= 15 is 0 Å². The van der Waals surface area contributed by atoms with Crippen molar-refractivity contribution in [2.24, 2.45) is 10.2 Å². The molecule has 16 heteroatoms. The zero-order valence-electron chi connectivity index (χ0n) is 58.0. The van der Waals surface area contributed by atoms with Crippen LogP contribution in [0.2, 0.25) is 0 Å². The second-order valence-electron chi connectivity index (χ2n) is 25.4. The number of hydrazone groups is 2. The number of benzene rings is 10. The number of nitrogens with zero attached hydrogens (tertiary/aromatic N) is 12. The van der Waals surface area contributed by atoms with Crippen LogP contribution in [0.25, 0.3) is 45.5 Å². The van der Waals surface area contributed by atoms with Crippen LogP contribution in [0.15, 0.2) is 241 Å². The lowest BCUT2D eigenvalue weighted by Gasteiger charge is -2.32. The van der Waals surface area contributed by atoms with Gasteiger partial charge in [0, 0.05) is 42.8 Å². The average molecular weight is 1340 g/mol. The van der Waals surface area contributed by atoms with Crippen molar-refractivity contribution < 1.29 is 43.4 Å². The van der Waals surface area contributed by atoms with E-state index in [1.54, 1.807) is 14.2 Å². The molecule has 0 saturated heterocycles. The zero-order chi connectivity index (χ0) is 67.1. The zero-order valence-corrected chi connectivity index (χ0v) is 59.5. The van der Waals surface area contributed by atoms with Crippen LogP contribution in [0.4, 0.5) is 22.7 Å². The van der Waals surface area contributed by atoms with E-state index < -0.39 is 12.7 Å². The third-order valence-electron chi connectivity index (χ3n) is 17.9. The Morgan fingerprint density at radius 2 is 0.571 bits per heavy atom. The number of aromatic nitrogens is 6. The second-order valence-corrected chi connectivity index (χ2v) is 25.4. The molecule has 14 nitrogen and oxygen atoms in total. The Morgan fingerprint density at radius 1 is 0.306 bits per heavy atom. The molecular weight excluding hydrogens is 1260 g/mol. The molecular formula is C82H82Cl2N12O2. The molecule has 0 bridgehead atoms. The largest absolute Gasteiger partial charge is 1.00 e. The van der Waals surface area contributed by atoms with Crippen LogP contribution < -0.4 is 53.8 Å². The van der Waals surface area contributed by atoms with E-state index in [2.05, 4.69) is 278 Å². The molecule has 496 valence electrons. The van der Waals surface area contributed by atoms with E-state index in [4.69, 9.17) is 29.9 Å². The third kappa shape index (κ3) is 13.4. The Morgan fingerprint density at radius 3 is 0.878 bits per heavy atom. The van der Waals surface area contributed by atoms with Crippen molar-refractivity contribution in [1.29, 1.82) is 0 Å². The molecule has 0 amide bonds. The highest BCUT2D eigenvalue weighted by atomic mass is 35.5. The molecule has 0 radical (unpaired) electrons. The van der Waals surface area contributed by atoms with Gasteiger partial charge in [-0.15, -0.1) is 10.2 Å². The summed E-state index contributed by atoms with van der Waals surface area (Å²) in [5.74, 6) is 3.47. The second kappa shape index (κ2) is 29.1. The first-order chi connectivity index (χ1) is 46.5. The summed E-state index contributed by atoms with van der Waals surface area (Å²) in [5, 5.41) is 24.9. The number of aryl methyl sites for hydroxylation is 12. The number of hydrogen-bond acceptors (Lipinski definition) is 10. The van der Waals surface area contributed by atoms with Crippen LogP contribution >= 0.6 is 0 Å². The smallest absolute Gasteiger partial charge is 0.314 e. The van der Waals surface area contributed by atoms with Crippen LogP contribution in [0.3, 0.4) is 0 Å². The summed E-state index contributed by atoms with van der Waals surface area (Å²) in [6.45, 7) is 25.8. The molecule has 0 saturated carbocycles. The summed E-state index contributed by atoms with van der Waals surface area (Å²) in [5.41, 5.74) is 26.6. The van der Waals surface area contributed by atoms with E-state index in [1.807, 2.05) is 74.0 Å². The number of halogens is 2. The molecule has 12 aromatic rings. The molecule has 4 heterocycles. The van der Waals surface area contributed by atoms with Gasteiger partial charge in [-0.05, 0) is 206 Å². The number of para-hydroxylation sites is 4. The summed E-state index contributed by atoms with van der Waals surface area (Å²) in [4.78, 5) is 4.34. The molecule has 2 aliphatic heterocycles. The first kappa shape index (κ1) is 68.9. The normalized spacial score (nSPS) is 14.2. The van der Waals surface area contributed by atoms with Crippen LogP contribution in [0.1, 0.15) is 77.9 Å². The highest BCUT2D eigenvalue weighted by molar-refractivity contribution is 6.15. The van der Waals surface area contributed by atoms with Crippen molar-refractivity contribution >= 4 is 34.4 Å². The molecule has 0 fully saturated rings. The van der Waals surface area contributed by atoms with Gasteiger partial charge in [-0.2, -0.15) is 9.13 Å². The topological polar surface area (TPSA) is 99.5 Å². The quantitative estimate of drug-likeness (QED) is 0.0993. The van der Waals surface area contributed by atoms with Gasteiger partial charge in [0.25, 0.3) is 0 Å². The van der Waals surface area contributed by atoms with Gasteiger partial charge in [0.05, 0.1) is 32.7 Å². The molecule has 10 aromatic carbocycles. The Hall–Kier alpha value is -10.5. The SMILES string of the molecule is COC1N(c2cccc(N3N=C(c4c(C)cc(C)cc4C)N(c4ccccc4)C3OC)c2)N=C(c2c(C)cc(C)cc2C)N1c1ccccc1.Cc1cc(C)c(-c2nn(-c3cccc(-n4c[n+](-c5ccccc5)c(-c5c(C)cc(C)cc5C)n4)c3)c[n+]2-c2ccccc2)c(C)c1.[Cl-].[Cl-]. The van der Waals surface area contributed by atoms with Crippen molar-refractivity contribution in [3.05, 3.63) is 309 Å². The van der Waals surface area contributed by atoms with Gasteiger partial charge in [0.1, 0.15) is 22.7 Å². The van der Waals surface area contributed by atoms with Crippen LogP contribution in [-0.2, 0) is 9.47 Å². The van der Waals surface area contributed by atoms with Gasteiger partial charge in [-0.1, -0.05) is 165 Å². The van der Waals surface area contributed by atoms with E-state index in [1.165, 1.54) is 44.5 Å². The molecule has 98 heavy (non-hydrogen) atoms. The highest BCUT2D eigenvalue weighted by Gasteiger charge is 2.41. The van der Waals surface area contributed by atoms with Crippen LogP contribution in [0, 0.1) is 83.1 Å². The fourth-order valence-electron chi connectivity index (χ4n) is 14.1. The lowest BCUT2D eigenvalue weighted by molar-refractivity contribution is -0.584. The Balaban J connectivity index is 0.000000195. The van der Waals surface area contributed by atoms with E-state index in [0.717, 1.165) is 113 Å². The van der Waals surface area contributed by atoms with Gasteiger partial charge in [-0.25, -0.2) is 10.0 Å². The van der Waals surface area contributed by atoms with Gasteiger partial charge in [0.15, 0.2) is 11.7 Å². The van der Waals surface area contributed by atoms with E-state index in [-0.39, 0.29) is 24.8 Å². The number of anilines is 4. The molecule has 2 atom stereocenters. The van der Waals surface area contributed by atoms with Gasteiger partial charge in [-0.3, -0.25) is 9.80 Å². The van der Waals surface area contributed by atoms with Gasteiger partial charge < -0.3 is 34.3 Å². The maximum Gasteiger partial charge on any atom is 0.314 e. The fraction of sp³-hybridized carbons (Fsp3) is 0.195. The highest BCUT2D eigenvalue weighted by Crippen LogP contribution is 2.39. The predicted octanol–water partition coefficient (Wildman–Crippen LogP) is 10.6. The number of hydrogen-bond donors (Lipinski definition) is 0. The molecule has 0 spiro atoms. The lowest BCUT2D eigenvalue weighted by Crippen LogP contribution is -3.00. The summed E-state index contributed by atoms with van der Waals surface area (Å²) >= 11 is 0. The lowest BCUT2D eigenvalue weighted by atomic mass is 9.98. The third-order valence-corrected chi connectivity index (χ3v) is 17.9. The number of ether oxygens (including phenoxy) is 2. The first-order valence-electron chi connectivity index (χ1n) is 32.6. The molecule has 14 rings (SSSR count). The molecule has 0 aliphatic carbocycles. The van der Waals surface area contributed by atoms with Crippen molar-refractivity contribution in [2.75, 3.05) is 34.0 Å². The summed E-state index contributed by atoms with van der Waals surface area (Å²) in [7, 11) is 3.46.